The van der Waals surface area contributed by atoms with E-state index in [1.165, 1.54) is 0 Å². The maximum Gasteiger partial charge on any atom is 0.259 e. The zero-order valence-electron chi connectivity index (χ0n) is 11.4. The highest BCUT2D eigenvalue weighted by Crippen LogP contribution is 2.33. The van der Waals surface area contributed by atoms with Gasteiger partial charge in [0, 0.05) is 5.56 Å². The zero-order valence-corrected chi connectivity index (χ0v) is 11.4. The Hall–Kier alpha value is -1.84. The van der Waals surface area contributed by atoms with E-state index in [4.69, 9.17) is 4.74 Å². The molecule has 0 saturated carbocycles. The molecule has 0 radical (unpaired) electrons. The number of hydrogen-bond donors (Lipinski definition) is 1. The third-order valence-electron chi connectivity index (χ3n) is 3.09. The first-order chi connectivity index (χ1) is 8.45. The van der Waals surface area contributed by atoms with Crippen LogP contribution in [0, 0.1) is 13.8 Å². The Kier molecular flexibility index (Phi) is 3.11. The zero-order chi connectivity index (χ0) is 13.4. The number of benzene rings is 1. The molecule has 0 amide bonds. The van der Waals surface area contributed by atoms with Crippen LogP contribution in [0.3, 0.4) is 0 Å². The van der Waals surface area contributed by atoms with E-state index < -0.39 is 0 Å². The molecule has 4 nitrogen and oxygen atoms in total. The predicted octanol–water partition coefficient (Wildman–Crippen LogP) is 2.67. The largest absolute Gasteiger partial charge is 0.496 e. The van der Waals surface area contributed by atoms with Crippen LogP contribution >= 0.6 is 0 Å². The lowest BCUT2D eigenvalue weighted by Gasteiger charge is -2.16. The van der Waals surface area contributed by atoms with E-state index in [1.807, 2.05) is 26.8 Å². The second-order valence-electron chi connectivity index (χ2n) is 4.84. The van der Waals surface area contributed by atoms with Gasteiger partial charge in [-0.1, -0.05) is 13.8 Å². The first kappa shape index (κ1) is 12.6. The Bertz CT molecular complexity index is 657. The van der Waals surface area contributed by atoms with Gasteiger partial charge in [-0.05, 0) is 31.4 Å². The normalized spacial score (nSPS) is 11.2. The van der Waals surface area contributed by atoms with Crippen molar-refractivity contribution in [3.63, 3.8) is 0 Å². The number of rotatable bonds is 2. The molecule has 0 unspecified atom stereocenters. The first-order valence-corrected chi connectivity index (χ1v) is 6.03. The maximum atomic E-state index is 12.2. The highest BCUT2D eigenvalue weighted by Gasteiger charge is 2.17. The fraction of sp³-hybridized carbons (Fsp3) is 0.429. The third-order valence-corrected chi connectivity index (χ3v) is 3.09. The van der Waals surface area contributed by atoms with Crippen molar-refractivity contribution in [3.05, 3.63) is 33.4 Å². The fourth-order valence-electron chi connectivity index (χ4n) is 2.33. The minimum atomic E-state index is -0.0943. The molecule has 96 valence electrons. The Balaban J connectivity index is 3.03. The molecule has 0 aliphatic carbocycles. The standard InChI is InChI=1S/C14H18N2O2/c1-7(2)11-10(18-5)6-8(3)13-12(11)14(17)16-9(4)15-13/h6-7H,1-5H3,(H,15,16,17). The van der Waals surface area contributed by atoms with Gasteiger partial charge in [-0.2, -0.15) is 0 Å². The molecule has 18 heavy (non-hydrogen) atoms. The molecule has 1 N–H and O–H groups in total. The van der Waals surface area contributed by atoms with Gasteiger partial charge in [-0.25, -0.2) is 4.98 Å². The molecule has 0 fully saturated rings. The second kappa shape index (κ2) is 4.44. The monoisotopic (exact) mass is 246 g/mol. The number of nitrogens with zero attached hydrogens (tertiary/aromatic N) is 1. The van der Waals surface area contributed by atoms with Crippen LogP contribution in [0.15, 0.2) is 10.9 Å². The summed E-state index contributed by atoms with van der Waals surface area (Å²) in [4.78, 5) is 19.4. The molecule has 0 aliphatic rings. The summed E-state index contributed by atoms with van der Waals surface area (Å²) in [6.45, 7) is 7.83. The lowest BCUT2D eigenvalue weighted by Crippen LogP contribution is -2.14. The van der Waals surface area contributed by atoms with Gasteiger partial charge in [0.2, 0.25) is 0 Å². The number of fused-ring (bicyclic) bond motifs is 1. The van der Waals surface area contributed by atoms with Gasteiger partial charge in [-0.15, -0.1) is 0 Å². The van der Waals surface area contributed by atoms with Crippen molar-refractivity contribution >= 4 is 10.9 Å². The molecule has 4 heteroatoms. The molecular formula is C14H18N2O2. The SMILES string of the molecule is COc1cc(C)c2nc(C)[nH]c(=O)c2c1C(C)C. The van der Waals surface area contributed by atoms with Crippen molar-refractivity contribution in [2.24, 2.45) is 0 Å². The molecule has 0 spiro atoms. The first-order valence-electron chi connectivity index (χ1n) is 6.03. The van der Waals surface area contributed by atoms with Gasteiger partial charge in [0.05, 0.1) is 18.0 Å². The molecule has 2 aromatic rings. The van der Waals surface area contributed by atoms with Crippen LogP contribution in [0.2, 0.25) is 0 Å². The number of nitrogens with one attached hydrogen (secondary N) is 1. The van der Waals surface area contributed by atoms with Gasteiger partial charge in [0.1, 0.15) is 11.6 Å². The van der Waals surface area contributed by atoms with Crippen molar-refractivity contribution < 1.29 is 4.74 Å². The average molecular weight is 246 g/mol. The van der Waals surface area contributed by atoms with Gasteiger partial charge >= 0.3 is 0 Å². The van der Waals surface area contributed by atoms with Gasteiger partial charge in [0.25, 0.3) is 5.56 Å². The summed E-state index contributed by atoms with van der Waals surface area (Å²) in [6.07, 6.45) is 0. The number of methoxy groups -OCH3 is 1. The van der Waals surface area contributed by atoms with E-state index in [9.17, 15) is 4.79 Å². The smallest absolute Gasteiger partial charge is 0.259 e. The van der Waals surface area contributed by atoms with Crippen LogP contribution in [0.4, 0.5) is 0 Å². The summed E-state index contributed by atoms with van der Waals surface area (Å²) in [5.41, 5.74) is 2.55. The Morgan fingerprint density at radius 3 is 2.56 bits per heavy atom. The molecule has 0 bridgehead atoms. The van der Waals surface area contributed by atoms with Crippen LogP contribution in [-0.4, -0.2) is 17.1 Å². The van der Waals surface area contributed by atoms with Crippen molar-refractivity contribution in [1.29, 1.82) is 0 Å². The number of aromatic amines is 1. The molecule has 0 saturated heterocycles. The number of hydrogen-bond acceptors (Lipinski definition) is 3. The fourth-order valence-corrected chi connectivity index (χ4v) is 2.33. The molecule has 0 aliphatic heterocycles. The van der Waals surface area contributed by atoms with Gasteiger partial charge in [0.15, 0.2) is 0 Å². The van der Waals surface area contributed by atoms with Crippen LogP contribution < -0.4 is 10.3 Å². The van der Waals surface area contributed by atoms with E-state index in [1.54, 1.807) is 14.0 Å². The Morgan fingerprint density at radius 2 is 2.00 bits per heavy atom. The molecule has 1 aromatic heterocycles. The maximum absolute atomic E-state index is 12.2. The molecule has 2 rings (SSSR count). The molecule has 1 aromatic carbocycles. The summed E-state index contributed by atoms with van der Waals surface area (Å²) in [6, 6.07) is 1.95. The minimum Gasteiger partial charge on any atom is -0.496 e. The van der Waals surface area contributed by atoms with Gasteiger partial charge < -0.3 is 9.72 Å². The minimum absolute atomic E-state index is 0.0943. The summed E-state index contributed by atoms with van der Waals surface area (Å²) in [7, 11) is 1.63. The van der Waals surface area contributed by atoms with Crippen molar-refractivity contribution in [2.75, 3.05) is 7.11 Å². The van der Waals surface area contributed by atoms with Gasteiger partial charge in [-0.3, -0.25) is 4.79 Å². The number of H-pyrrole nitrogens is 1. The topological polar surface area (TPSA) is 55.0 Å². The van der Waals surface area contributed by atoms with Crippen molar-refractivity contribution in [2.45, 2.75) is 33.6 Å². The molecule has 0 atom stereocenters. The van der Waals surface area contributed by atoms with Crippen molar-refractivity contribution in [3.8, 4) is 5.75 Å². The lowest BCUT2D eigenvalue weighted by molar-refractivity contribution is 0.408. The van der Waals surface area contributed by atoms with Crippen LogP contribution in [-0.2, 0) is 0 Å². The molecular weight excluding hydrogens is 228 g/mol. The number of ether oxygens (including phenoxy) is 1. The van der Waals surface area contributed by atoms with Crippen LogP contribution in [0.5, 0.6) is 5.75 Å². The van der Waals surface area contributed by atoms with E-state index in [0.717, 1.165) is 22.4 Å². The van der Waals surface area contributed by atoms with E-state index in [0.29, 0.717) is 11.2 Å². The summed E-state index contributed by atoms with van der Waals surface area (Å²) < 4.78 is 5.40. The van der Waals surface area contributed by atoms with E-state index >= 15 is 0 Å². The van der Waals surface area contributed by atoms with Crippen LogP contribution in [0.25, 0.3) is 10.9 Å². The Labute approximate surface area is 106 Å². The van der Waals surface area contributed by atoms with Crippen LogP contribution in [0.1, 0.15) is 36.7 Å². The highest BCUT2D eigenvalue weighted by molar-refractivity contribution is 5.87. The summed E-state index contributed by atoms with van der Waals surface area (Å²) >= 11 is 0. The average Bonchev–Trinajstić information content (AvgIpc) is 2.29. The summed E-state index contributed by atoms with van der Waals surface area (Å²) in [5.74, 6) is 1.59. The van der Waals surface area contributed by atoms with E-state index in [2.05, 4.69) is 9.97 Å². The van der Waals surface area contributed by atoms with Crippen molar-refractivity contribution in [1.82, 2.24) is 9.97 Å². The molecule has 1 heterocycles. The Morgan fingerprint density at radius 1 is 1.33 bits per heavy atom. The second-order valence-corrected chi connectivity index (χ2v) is 4.84. The highest BCUT2D eigenvalue weighted by atomic mass is 16.5. The third kappa shape index (κ3) is 1.88. The summed E-state index contributed by atoms with van der Waals surface area (Å²) in [5, 5.41) is 0.646. The number of aryl methyl sites for hydroxylation is 2. The predicted molar refractivity (Wildman–Crippen MR) is 72.5 cm³/mol. The number of aromatic nitrogens is 2. The quantitative estimate of drug-likeness (QED) is 0.886. The van der Waals surface area contributed by atoms with E-state index in [-0.39, 0.29) is 11.5 Å². The lowest BCUT2D eigenvalue weighted by atomic mass is 9.95.